The molecule has 0 aliphatic heterocycles. The molecule has 3 rings (SSSR count). The van der Waals surface area contributed by atoms with E-state index in [1.54, 1.807) is 25.1 Å². The van der Waals surface area contributed by atoms with E-state index in [2.05, 4.69) is 10.0 Å². The second-order valence-corrected chi connectivity index (χ2v) is 9.89. The van der Waals surface area contributed by atoms with Crippen molar-refractivity contribution < 1.29 is 27.5 Å². The summed E-state index contributed by atoms with van der Waals surface area (Å²) < 4.78 is 38.3. The van der Waals surface area contributed by atoms with E-state index >= 15 is 0 Å². The summed E-state index contributed by atoms with van der Waals surface area (Å²) in [6.45, 7) is 3.45. The molecule has 0 spiro atoms. The summed E-state index contributed by atoms with van der Waals surface area (Å²) in [5, 5.41) is 3.56. The number of ether oxygens (including phenoxy) is 2. The molecule has 1 aromatic heterocycles. The average Bonchev–Trinajstić information content (AvgIpc) is 3.20. The normalized spacial score (nSPS) is 12.3. The summed E-state index contributed by atoms with van der Waals surface area (Å²) in [6, 6.07) is 12.7. The molecule has 2 N–H and O–H groups in total. The van der Waals surface area contributed by atoms with E-state index in [9.17, 15) is 18.0 Å². The molecule has 0 fully saturated rings. The lowest BCUT2D eigenvalue weighted by molar-refractivity contribution is -0.118. The number of anilines is 1. The number of nitrogens with one attached hydrogen (secondary N) is 2. The number of hydrogen-bond donors (Lipinski definition) is 2. The standard InChI is InChI=1S/C22H24N2O6S2/c1-4-14(2)24-32(27,28)18-8-6-17(7-9-18)30-13-21(25)23-16-5-10-19-15(11-16)12-20(31-19)22(26)29-3/h5-12,14,24H,4,13H2,1-3H3,(H,23,25)/t14-/m1/s1. The van der Waals surface area contributed by atoms with Crippen molar-refractivity contribution in [2.75, 3.05) is 19.0 Å². The lowest BCUT2D eigenvalue weighted by Gasteiger charge is -2.12. The van der Waals surface area contributed by atoms with Crippen molar-refractivity contribution in [3.05, 3.63) is 53.4 Å². The van der Waals surface area contributed by atoms with Gasteiger partial charge in [0.05, 0.1) is 12.0 Å². The van der Waals surface area contributed by atoms with Gasteiger partial charge in [-0.15, -0.1) is 11.3 Å². The molecule has 1 amide bonds. The third-order valence-electron chi connectivity index (χ3n) is 4.66. The Morgan fingerprint density at radius 1 is 1.09 bits per heavy atom. The molecule has 0 aliphatic carbocycles. The molecule has 3 aromatic rings. The van der Waals surface area contributed by atoms with Crippen LogP contribution in [0.15, 0.2) is 53.4 Å². The minimum Gasteiger partial charge on any atom is -0.484 e. The fraction of sp³-hybridized carbons (Fsp3) is 0.273. The molecule has 1 heterocycles. The third-order valence-corrected chi connectivity index (χ3v) is 7.36. The van der Waals surface area contributed by atoms with Crippen LogP contribution in [-0.2, 0) is 19.6 Å². The number of fused-ring (bicyclic) bond motifs is 1. The first-order valence-corrected chi connectivity index (χ1v) is 12.2. The van der Waals surface area contributed by atoms with Crippen LogP contribution in [0.3, 0.4) is 0 Å². The first-order valence-electron chi connectivity index (χ1n) is 9.88. The van der Waals surface area contributed by atoms with Gasteiger partial charge in [0.15, 0.2) is 6.61 Å². The van der Waals surface area contributed by atoms with Crippen LogP contribution in [0, 0.1) is 0 Å². The van der Waals surface area contributed by atoms with Gasteiger partial charge in [-0.1, -0.05) is 6.92 Å². The summed E-state index contributed by atoms with van der Waals surface area (Å²) in [5.41, 5.74) is 0.567. The summed E-state index contributed by atoms with van der Waals surface area (Å²) in [5.74, 6) is -0.402. The number of thiophene rings is 1. The van der Waals surface area contributed by atoms with Gasteiger partial charge < -0.3 is 14.8 Å². The third kappa shape index (κ3) is 5.84. The van der Waals surface area contributed by atoms with E-state index in [1.165, 1.54) is 42.7 Å². The number of methoxy groups -OCH3 is 1. The molecule has 0 saturated heterocycles. The Hall–Kier alpha value is -2.95. The molecule has 0 saturated carbocycles. The summed E-state index contributed by atoms with van der Waals surface area (Å²) >= 11 is 1.31. The van der Waals surface area contributed by atoms with Crippen molar-refractivity contribution in [2.24, 2.45) is 0 Å². The minimum atomic E-state index is -3.60. The molecular weight excluding hydrogens is 452 g/mol. The number of sulfonamides is 1. The van der Waals surface area contributed by atoms with Gasteiger partial charge in [-0.05, 0) is 67.3 Å². The highest BCUT2D eigenvalue weighted by molar-refractivity contribution is 7.89. The van der Waals surface area contributed by atoms with Gasteiger partial charge in [0.25, 0.3) is 5.91 Å². The van der Waals surface area contributed by atoms with Crippen LogP contribution in [0.4, 0.5) is 5.69 Å². The van der Waals surface area contributed by atoms with Crippen LogP contribution in [0.25, 0.3) is 10.1 Å². The second kappa shape index (κ2) is 10.1. The first-order chi connectivity index (χ1) is 15.2. The van der Waals surface area contributed by atoms with Gasteiger partial charge in [-0.3, -0.25) is 4.79 Å². The van der Waals surface area contributed by atoms with E-state index in [4.69, 9.17) is 9.47 Å². The number of benzene rings is 2. The van der Waals surface area contributed by atoms with E-state index in [0.29, 0.717) is 22.7 Å². The fourth-order valence-electron chi connectivity index (χ4n) is 2.80. The fourth-order valence-corrected chi connectivity index (χ4v) is 5.09. The van der Waals surface area contributed by atoms with Gasteiger partial charge in [-0.2, -0.15) is 0 Å². The van der Waals surface area contributed by atoms with Gasteiger partial charge in [0.2, 0.25) is 10.0 Å². The van der Waals surface area contributed by atoms with Gasteiger partial charge >= 0.3 is 5.97 Å². The topological polar surface area (TPSA) is 111 Å². The van der Waals surface area contributed by atoms with E-state index in [-0.39, 0.29) is 23.5 Å². The van der Waals surface area contributed by atoms with Crippen molar-refractivity contribution in [3.8, 4) is 5.75 Å². The number of carbonyl (C=O) groups excluding carboxylic acids is 2. The van der Waals surface area contributed by atoms with Crippen LogP contribution >= 0.6 is 11.3 Å². The molecular formula is C22H24N2O6S2. The lowest BCUT2D eigenvalue weighted by atomic mass is 10.2. The molecule has 0 radical (unpaired) electrons. The summed E-state index contributed by atoms with van der Waals surface area (Å²) in [6.07, 6.45) is 0.682. The van der Waals surface area contributed by atoms with Gasteiger partial charge in [-0.25, -0.2) is 17.9 Å². The Balaban J connectivity index is 1.58. The Kier molecular flexibility index (Phi) is 7.49. The molecule has 0 unspecified atom stereocenters. The predicted octanol–water partition coefficient (Wildman–Crippen LogP) is 3.78. The Bertz CT molecular complexity index is 1220. The highest BCUT2D eigenvalue weighted by atomic mass is 32.2. The van der Waals surface area contributed by atoms with Crippen LogP contribution in [0.5, 0.6) is 5.75 Å². The molecule has 2 aromatic carbocycles. The summed E-state index contributed by atoms with van der Waals surface area (Å²) in [4.78, 5) is 24.5. The van der Waals surface area contributed by atoms with Crippen molar-refractivity contribution in [3.63, 3.8) is 0 Å². The highest BCUT2D eigenvalue weighted by Gasteiger charge is 2.16. The first kappa shape index (κ1) is 23.7. The molecule has 170 valence electrons. The number of hydrogen-bond acceptors (Lipinski definition) is 7. The quantitative estimate of drug-likeness (QED) is 0.455. The Morgan fingerprint density at radius 2 is 1.81 bits per heavy atom. The molecule has 10 heteroatoms. The smallest absolute Gasteiger partial charge is 0.348 e. The zero-order valence-corrected chi connectivity index (χ0v) is 19.5. The van der Waals surface area contributed by atoms with Crippen LogP contribution < -0.4 is 14.8 Å². The van der Waals surface area contributed by atoms with Crippen molar-refractivity contribution in [1.82, 2.24) is 4.72 Å². The summed E-state index contributed by atoms with van der Waals surface area (Å²) in [7, 11) is -2.27. The van der Waals surface area contributed by atoms with E-state index in [1.807, 2.05) is 13.0 Å². The van der Waals surface area contributed by atoms with Crippen LogP contribution in [0.2, 0.25) is 0 Å². The van der Waals surface area contributed by atoms with Gasteiger partial charge in [0.1, 0.15) is 10.6 Å². The highest BCUT2D eigenvalue weighted by Crippen LogP contribution is 2.28. The predicted molar refractivity (Wildman–Crippen MR) is 124 cm³/mol. The van der Waals surface area contributed by atoms with E-state index < -0.39 is 16.0 Å². The molecule has 0 bridgehead atoms. The largest absolute Gasteiger partial charge is 0.484 e. The number of carbonyl (C=O) groups is 2. The van der Waals surface area contributed by atoms with Crippen molar-refractivity contribution >= 4 is 49.0 Å². The maximum absolute atomic E-state index is 12.3. The SMILES string of the molecule is CC[C@@H](C)NS(=O)(=O)c1ccc(OCC(=O)Nc2ccc3sc(C(=O)OC)cc3c2)cc1. The molecule has 0 aliphatic rings. The second-order valence-electron chi connectivity index (χ2n) is 7.09. The zero-order valence-electron chi connectivity index (χ0n) is 17.9. The lowest BCUT2D eigenvalue weighted by Crippen LogP contribution is -2.31. The van der Waals surface area contributed by atoms with Crippen LogP contribution in [-0.4, -0.2) is 40.1 Å². The molecule has 32 heavy (non-hydrogen) atoms. The van der Waals surface area contributed by atoms with E-state index in [0.717, 1.165) is 10.1 Å². The van der Waals surface area contributed by atoms with Crippen molar-refractivity contribution in [1.29, 1.82) is 0 Å². The Morgan fingerprint density at radius 3 is 2.47 bits per heavy atom. The van der Waals surface area contributed by atoms with Gasteiger partial charge in [0, 0.05) is 16.4 Å². The molecule has 8 nitrogen and oxygen atoms in total. The van der Waals surface area contributed by atoms with Crippen LogP contribution in [0.1, 0.15) is 29.9 Å². The average molecular weight is 477 g/mol. The monoisotopic (exact) mass is 476 g/mol. The maximum atomic E-state index is 12.3. The number of amides is 1. The maximum Gasteiger partial charge on any atom is 0.348 e. The molecule has 1 atom stereocenters. The Labute approximate surface area is 190 Å². The number of rotatable bonds is 9. The van der Waals surface area contributed by atoms with Crippen molar-refractivity contribution in [2.45, 2.75) is 31.2 Å². The number of esters is 1. The zero-order chi connectivity index (χ0) is 23.3. The minimum absolute atomic E-state index is 0.130.